The summed E-state index contributed by atoms with van der Waals surface area (Å²) in [5, 5.41) is 15.0. The summed E-state index contributed by atoms with van der Waals surface area (Å²) in [4.78, 5) is 98.4. The summed E-state index contributed by atoms with van der Waals surface area (Å²) >= 11 is 7.97. The topological polar surface area (TPSA) is 220 Å². The number of rotatable bonds is 12. The molecule has 0 aliphatic carbocycles. The van der Waals surface area contributed by atoms with Gasteiger partial charge in [-0.1, -0.05) is 56.2 Å². The Morgan fingerprint density at radius 2 is 1.80 bits per heavy atom. The third-order valence-corrected chi connectivity index (χ3v) is 14.0. The van der Waals surface area contributed by atoms with Gasteiger partial charge in [0.05, 0.1) is 31.1 Å². The fourth-order valence-electron chi connectivity index (χ4n) is 7.91. The summed E-state index contributed by atoms with van der Waals surface area (Å²) < 4.78 is 28.7. The van der Waals surface area contributed by atoms with E-state index in [1.165, 1.54) is 49.8 Å². The number of imide groups is 1. The lowest BCUT2D eigenvalue weighted by Gasteiger charge is -2.42. The summed E-state index contributed by atoms with van der Waals surface area (Å²) in [5.74, 6) is -4.08. The molecular formula is C44H59ClN4O14S. The van der Waals surface area contributed by atoms with Gasteiger partial charge in [-0.2, -0.15) is 0 Å². The number of amides is 5. The molecule has 0 spiro atoms. The van der Waals surface area contributed by atoms with Crippen molar-refractivity contribution in [3.8, 4) is 5.75 Å². The van der Waals surface area contributed by atoms with Crippen molar-refractivity contribution in [2.45, 2.75) is 133 Å². The number of esters is 1. The first kappa shape index (κ1) is 50.3. The molecule has 3 saturated heterocycles. The number of aliphatic hydroxyl groups is 1. The Morgan fingerprint density at radius 3 is 2.44 bits per heavy atom. The molecule has 5 rings (SSSR count). The number of nitrogens with one attached hydrogen (secondary N) is 1. The number of alkyl carbamates (subject to hydrolysis) is 1. The predicted octanol–water partition coefficient (Wildman–Crippen LogP) is 4.41. The van der Waals surface area contributed by atoms with Crippen LogP contribution < -0.4 is 15.0 Å². The molecule has 8 atom stereocenters. The van der Waals surface area contributed by atoms with Crippen LogP contribution in [0.2, 0.25) is 5.02 Å². The summed E-state index contributed by atoms with van der Waals surface area (Å²) in [6.45, 7) is 10.5. The minimum atomic E-state index is -1.87. The molecule has 4 aliphatic rings. The maximum atomic E-state index is 14.3. The van der Waals surface area contributed by atoms with Crippen LogP contribution in [0.1, 0.15) is 85.6 Å². The number of carbonyl (C=O) groups is 7. The maximum absolute atomic E-state index is 14.3. The minimum Gasteiger partial charge on any atom is -0.495 e. The molecular weight excluding hydrogens is 876 g/mol. The van der Waals surface area contributed by atoms with Crippen molar-refractivity contribution < 1.29 is 67.2 Å². The van der Waals surface area contributed by atoms with Gasteiger partial charge in [-0.15, -0.1) is 16.8 Å². The molecule has 5 amide bonds. The smallest absolute Gasteiger partial charge is 0.409 e. The maximum Gasteiger partial charge on any atom is 0.409 e. The van der Waals surface area contributed by atoms with Crippen molar-refractivity contribution in [1.29, 1.82) is 0 Å². The van der Waals surface area contributed by atoms with Gasteiger partial charge in [-0.3, -0.25) is 24.5 Å². The van der Waals surface area contributed by atoms with E-state index in [-0.39, 0.29) is 49.3 Å². The van der Waals surface area contributed by atoms with Gasteiger partial charge >= 0.3 is 18.0 Å². The van der Waals surface area contributed by atoms with Gasteiger partial charge in [0.2, 0.25) is 11.8 Å². The van der Waals surface area contributed by atoms with Gasteiger partial charge in [0.15, 0.2) is 5.72 Å². The third kappa shape index (κ3) is 11.6. The van der Waals surface area contributed by atoms with E-state index >= 15 is 0 Å². The van der Waals surface area contributed by atoms with Crippen LogP contribution in [0.4, 0.5) is 10.5 Å². The first-order valence-electron chi connectivity index (χ1n) is 21.0. The van der Waals surface area contributed by atoms with E-state index < -0.39 is 94.1 Å². The second-order valence-electron chi connectivity index (χ2n) is 17.5. The zero-order valence-electron chi connectivity index (χ0n) is 37.9. The lowest BCUT2D eigenvalue weighted by Crippen LogP contribution is -2.63. The Labute approximate surface area is 382 Å². The highest BCUT2D eigenvalue weighted by atomic mass is 35.5. The van der Waals surface area contributed by atoms with Crippen LogP contribution >= 0.6 is 23.4 Å². The van der Waals surface area contributed by atoms with Crippen molar-refractivity contribution >= 4 is 70.7 Å². The number of hydrogen-bond acceptors (Lipinski definition) is 15. The average molecular weight is 935 g/mol. The molecule has 352 valence electrons. The van der Waals surface area contributed by atoms with Crippen LogP contribution in [0, 0.1) is 5.92 Å². The number of methoxy groups -OCH3 is 2. The summed E-state index contributed by atoms with van der Waals surface area (Å²) in [6, 6.07) is 2.41. The number of hydroxylamine groups is 2. The third-order valence-electron chi connectivity index (χ3n) is 12.2. The van der Waals surface area contributed by atoms with Gasteiger partial charge in [-0.05, 0) is 51.3 Å². The molecule has 18 nitrogen and oxygen atoms in total. The van der Waals surface area contributed by atoms with E-state index in [1.807, 2.05) is 26.8 Å². The molecule has 1 aromatic rings. The van der Waals surface area contributed by atoms with Crippen LogP contribution in [-0.4, -0.2) is 137 Å². The second kappa shape index (κ2) is 20.2. The van der Waals surface area contributed by atoms with Gasteiger partial charge in [-0.25, -0.2) is 14.4 Å². The number of allylic oxidation sites excluding steroid dienone is 3. The fourth-order valence-corrected chi connectivity index (χ4v) is 9.04. The van der Waals surface area contributed by atoms with Crippen molar-refractivity contribution in [2.75, 3.05) is 39.0 Å². The van der Waals surface area contributed by atoms with Crippen molar-refractivity contribution in [1.82, 2.24) is 15.3 Å². The molecule has 0 aromatic heterocycles. The molecule has 1 unspecified atom stereocenters. The minimum absolute atomic E-state index is 0.0149. The predicted molar refractivity (Wildman–Crippen MR) is 234 cm³/mol. The highest BCUT2D eigenvalue weighted by Crippen LogP contribution is 2.49. The molecule has 1 aromatic carbocycles. The normalized spacial score (nSPS) is 29.4. The number of epoxide rings is 1. The van der Waals surface area contributed by atoms with Crippen LogP contribution in [-0.2, 0) is 59.0 Å². The van der Waals surface area contributed by atoms with Crippen molar-refractivity contribution in [3.05, 3.63) is 46.5 Å². The van der Waals surface area contributed by atoms with E-state index in [9.17, 15) is 38.7 Å². The number of hydrogen-bond donors (Lipinski definition) is 2. The standard InChI is InChI=1S/C44H59ClN4O14S/c1-24-12-11-13-31(59-10)44(57)22-30(60-41(56)46-44)25(2)39-43(6,62-39)32(21-36(53)48(8)28-19-27(18-24)20-29(58-9)38(28)45)61-40(55)26(3)47(7)33(50)16-17-42(4,5)64-23-37(54)63-49-34(51)14-15-35(49)52/h11-13,19-20,25-26,30-32,39,57H,14-18,21-23H2,1-10H3,(H,46,56)/b13-11+,24-12+/t25-,26+,30+,31-,32+,39+,43?,44+/m1/s1. The van der Waals surface area contributed by atoms with Gasteiger partial charge < -0.3 is 43.4 Å². The van der Waals surface area contributed by atoms with Crippen molar-refractivity contribution in [3.63, 3.8) is 0 Å². The number of nitrogens with zero attached hydrogens (tertiary/aromatic N) is 3. The molecule has 3 fully saturated rings. The molecule has 0 radical (unpaired) electrons. The van der Waals surface area contributed by atoms with Crippen molar-refractivity contribution in [2.24, 2.45) is 5.92 Å². The zero-order chi connectivity index (χ0) is 47.5. The molecule has 2 N–H and O–H groups in total. The Morgan fingerprint density at radius 1 is 1.12 bits per heavy atom. The average Bonchev–Trinajstić information content (AvgIpc) is 3.85. The Balaban J connectivity index is 1.36. The number of thioether (sulfide) groups is 1. The van der Waals surface area contributed by atoms with Crippen LogP contribution in [0.15, 0.2) is 35.9 Å². The molecule has 0 saturated carbocycles. The quantitative estimate of drug-likeness (QED) is 0.168. The second-order valence-corrected chi connectivity index (χ2v) is 19.6. The van der Waals surface area contributed by atoms with E-state index in [4.69, 9.17) is 40.1 Å². The van der Waals surface area contributed by atoms with Gasteiger partial charge in [0, 0.05) is 57.6 Å². The van der Waals surface area contributed by atoms with E-state index in [0.29, 0.717) is 22.9 Å². The first-order valence-corrected chi connectivity index (χ1v) is 22.3. The SMILES string of the molecule is COc1cc2cc(c1Cl)N(C)C(=O)C[C@H](OC(=O)[C@H](C)N(C)C(=O)CCC(C)(C)SCC(=O)ON1C(=O)CCC1=O)C1(C)O[C@H]1[C@H](C)[C@@H]1C[C@@](O)(NC(=O)O1)[C@H](OC)/C=C/C=C(\C)C2. The molecule has 20 heteroatoms. The summed E-state index contributed by atoms with van der Waals surface area (Å²) in [5.41, 5.74) is -1.16. The molecule has 4 bridgehead atoms. The lowest BCUT2D eigenvalue weighted by atomic mass is 9.83. The molecule has 4 aliphatic heterocycles. The number of ether oxygens (including phenoxy) is 5. The largest absolute Gasteiger partial charge is 0.495 e. The number of fused-ring (bicyclic) bond motifs is 5. The van der Waals surface area contributed by atoms with Crippen LogP contribution in [0.3, 0.4) is 0 Å². The van der Waals surface area contributed by atoms with Crippen LogP contribution in [0.5, 0.6) is 5.75 Å². The number of anilines is 1. The summed E-state index contributed by atoms with van der Waals surface area (Å²) in [6.07, 6.45) is 0.656. The number of carbonyl (C=O) groups excluding carboxylic acids is 7. The highest BCUT2D eigenvalue weighted by Gasteiger charge is 2.64. The Hall–Kier alpha value is -4.69. The van der Waals surface area contributed by atoms with E-state index in [1.54, 1.807) is 45.2 Å². The van der Waals surface area contributed by atoms with E-state index in [2.05, 4.69) is 5.32 Å². The summed E-state index contributed by atoms with van der Waals surface area (Å²) in [7, 11) is 5.88. The lowest BCUT2D eigenvalue weighted by molar-refractivity contribution is -0.195. The number of halogens is 1. The number of benzene rings is 1. The number of likely N-dealkylation sites (N-methyl/N-ethyl adjacent to an activating group) is 1. The van der Waals surface area contributed by atoms with Gasteiger partial charge in [0.1, 0.15) is 40.7 Å². The van der Waals surface area contributed by atoms with E-state index in [0.717, 1.165) is 11.1 Å². The Kier molecular flexibility index (Phi) is 15.9. The molecule has 64 heavy (non-hydrogen) atoms. The first-order chi connectivity index (χ1) is 29.9. The Bertz CT molecular complexity index is 2070. The zero-order valence-corrected chi connectivity index (χ0v) is 39.5. The van der Waals surface area contributed by atoms with Gasteiger partial charge in [0.25, 0.3) is 11.8 Å². The molecule has 4 heterocycles. The monoisotopic (exact) mass is 934 g/mol. The van der Waals surface area contributed by atoms with Crippen LogP contribution in [0.25, 0.3) is 0 Å². The fraction of sp³-hybridized carbons (Fsp3) is 0.614. The highest BCUT2D eigenvalue weighted by molar-refractivity contribution is 8.01.